The molecule has 0 fully saturated rings. The van der Waals surface area contributed by atoms with Crippen molar-refractivity contribution in [3.8, 4) is 0 Å². The third-order valence-corrected chi connectivity index (χ3v) is 3.40. The molecule has 1 amide bonds. The Morgan fingerprint density at radius 1 is 1.39 bits per heavy atom. The normalized spacial score (nSPS) is 12.0. The summed E-state index contributed by atoms with van der Waals surface area (Å²) in [5.41, 5.74) is -0.101. The number of likely N-dealkylation sites (N-methyl/N-ethyl adjacent to an activating group) is 1. The molecule has 7 nitrogen and oxygen atoms in total. The summed E-state index contributed by atoms with van der Waals surface area (Å²) in [5.74, 6) is 1.25. The third kappa shape index (κ3) is 4.80. The minimum Gasteiger partial charge on any atom is -0.460 e. The fraction of sp³-hybridized carbons (Fsp3) is 0.267. The molecule has 0 aliphatic heterocycles. The molecule has 1 heterocycles. The fourth-order valence-electron chi connectivity index (χ4n) is 2.18. The van der Waals surface area contributed by atoms with Gasteiger partial charge in [-0.15, -0.1) is 0 Å². The Morgan fingerprint density at radius 3 is 2.74 bits per heavy atom. The minimum atomic E-state index is -0.561. The number of nitro benzene ring substituents is 1. The van der Waals surface area contributed by atoms with Gasteiger partial charge < -0.3 is 14.6 Å². The minimum absolute atomic E-state index is 0.0918. The maximum atomic E-state index is 12.1. The Labute approximate surface area is 138 Å². The molecule has 8 heteroatoms. The molecule has 0 saturated carbocycles. The summed E-state index contributed by atoms with van der Waals surface area (Å²) < 4.78 is 5.46. The molecule has 1 unspecified atom stereocenters. The third-order valence-electron chi connectivity index (χ3n) is 3.16. The molecule has 0 spiro atoms. The van der Waals surface area contributed by atoms with Crippen LogP contribution in [0.2, 0.25) is 5.02 Å². The lowest BCUT2D eigenvalue weighted by Gasteiger charge is -2.12. The number of amides is 1. The van der Waals surface area contributed by atoms with E-state index in [1.807, 2.05) is 26.1 Å². The van der Waals surface area contributed by atoms with Gasteiger partial charge in [-0.3, -0.25) is 14.9 Å². The highest BCUT2D eigenvalue weighted by Gasteiger charge is 2.18. The van der Waals surface area contributed by atoms with Crippen molar-refractivity contribution in [2.45, 2.75) is 13.5 Å². The van der Waals surface area contributed by atoms with Crippen LogP contribution in [0.4, 0.5) is 11.4 Å². The van der Waals surface area contributed by atoms with Crippen molar-refractivity contribution in [2.75, 3.05) is 18.9 Å². The van der Waals surface area contributed by atoms with E-state index in [9.17, 15) is 14.9 Å². The highest BCUT2D eigenvalue weighted by atomic mass is 35.5. The van der Waals surface area contributed by atoms with Gasteiger partial charge in [0.1, 0.15) is 18.0 Å². The van der Waals surface area contributed by atoms with E-state index in [0.29, 0.717) is 11.6 Å². The van der Waals surface area contributed by atoms with Gasteiger partial charge in [0.05, 0.1) is 12.0 Å². The number of carbonyl (C=O) groups excluding carboxylic acids is 1. The fourth-order valence-corrected chi connectivity index (χ4v) is 2.35. The number of nitrogens with zero attached hydrogens (tertiary/aromatic N) is 1. The van der Waals surface area contributed by atoms with Crippen LogP contribution in [0, 0.1) is 17.0 Å². The van der Waals surface area contributed by atoms with E-state index in [-0.39, 0.29) is 23.8 Å². The summed E-state index contributed by atoms with van der Waals surface area (Å²) >= 11 is 5.83. The SMILES string of the molecule is Cc1ccc(C[NH+](C)CC(=O)Nc2cc(Cl)ccc2[N+](=O)[O-])o1. The predicted molar refractivity (Wildman–Crippen MR) is 85.6 cm³/mol. The number of carbonyl (C=O) groups is 1. The molecule has 1 atom stereocenters. The van der Waals surface area contributed by atoms with Crippen molar-refractivity contribution in [2.24, 2.45) is 0 Å². The van der Waals surface area contributed by atoms with Crippen LogP contribution in [0.3, 0.4) is 0 Å². The van der Waals surface area contributed by atoms with Gasteiger partial charge in [0.25, 0.3) is 11.6 Å². The van der Waals surface area contributed by atoms with Gasteiger partial charge in [0.2, 0.25) is 0 Å². The Balaban J connectivity index is 1.99. The van der Waals surface area contributed by atoms with Gasteiger partial charge >= 0.3 is 0 Å². The van der Waals surface area contributed by atoms with Crippen LogP contribution in [-0.4, -0.2) is 24.4 Å². The zero-order valence-corrected chi connectivity index (χ0v) is 13.5. The molecule has 1 aromatic heterocycles. The first kappa shape index (κ1) is 17.0. The van der Waals surface area contributed by atoms with E-state index in [0.717, 1.165) is 16.4 Å². The molecule has 0 radical (unpaired) electrons. The second kappa shape index (κ2) is 7.26. The summed E-state index contributed by atoms with van der Waals surface area (Å²) in [5, 5.41) is 13.8. The largest absolute Gasteiger partial charge is 0.460 e. The lowest BCUT2D eigenvalue weighted by Crippen LogP contribution is -3.08. The van der Waals surface area contributed by atoms with Crippen molar-refractivity contribution >= 4 is 28.9 Å². The number of hydrogen-bond donors (Lipinski definition) is 2. The zero-order chi connectivity index (χ0) is 17.0. The van der Waals surface area contributed by atoms with Gasteiger partial charge in [-0.25, -0.2) is 0 Å². The summed E-state index contributed by atoms with van der Waals surface area (Å²) in [6.45, 7) is 2.53. The van der Waals surface area contributed by atoms with Crippen LogP contribution in [0.15, 0.2) is 34.7 Å². The number of anilines is 1. The van der Waals surface area contributed by atoms with E-state index in [2.05, 4.69) is 5.32 Å². The Morgan fingerprint density at radius 2 is 2.13 bits per heavy atom. The Hall–Kier alpha value is -2.38. The standard InChI is InChI=1S/C15H16ClN3O4/c1-10-3-5-12(23-10)8-18(2)9-15(20)17-13-7-11(16)4-6-14(13)19(21)22/h3-7H,8-9H2,1-2H3,(H,17,20)/p+1. The van der Waals surface area contributed by atoms with Crippen LogP contribution in [-0.2, 0) is 11.3 Å². The number of halogens is 1. The van der Waals surface area contributed by atoms with Crippen molar-refractivity contribution < 1.29 is 19.0 Å². The van der Waals surface area contributed by atoms with E-state index in [1.54, 1.807) is 0 Å². The summed E-state index contributed by atoms with van der Waals surface area (Å²) in [4.78, 5) is 23.4. The maximum absolute atomic E-state index is 12.1. The van der Waals surface area contributed by atoms with E-state index >= 15 is 0 Å². The van der Waals surface area contributed by atoms with E-state index in [4.69, 9.17) is 16.0 Å². The van der Waals surface area contributed by atoms with Crippen LogP contribution in [0.1, 0.15) is 11.5 Å². The first-order chi connectivity index (χ1) is 10.8. The molecule has 0 aliphatic rings. The lowest BCUT2D eigenvalue weighted by molar-refractivity contribution is -0.886. The summed E-state index contributed by atoms with van der Waals surface area (Å²) in [7, 11) is 1.84. The van der Waals surface area contributed by atoms with E-state index in [1.165, 1.54) is 18.2 Å². The van der Waals surface area contributed by atoms with Crippen LogP contribution in [0.5, 0.6) is 0 Å². The molecule has 0 aliphatic carbocycles. The predicted octanol–water partition coefficient (Wildman–Crippen LogP) is 1.80. The zero-order valence-electron chi connectivity index (χ0n) is 12.8. The van der Waals surface area contributed by atoms with Crippen molar-refractivity contribution in [3.05, 3.63) is 57.0 Å². The van der Waals surface area contributed by atoms with Gasteiger partial charge in [0, 0.05) is 11.1 Å². The number of quaternary nitrogens is 1. The molecular weight excluding hydrogens is 322 g/mol. The second-order valence-corrected chi connectivity index (χ2v) is 5.73. The van der Waals surface area contributed by atoms with Crippen molar-refractivity contribution in [3.63, 3.8) is 0 Å². The average Bonchev–Trinajstić information content (AvgIpc) is 2.83. The quantitative estimate of drug-likeness (QED) is 0.621. The molecule has 23 heavy (non-hydrogen) atoms. The first-order valence-electron chi connectivity index (χ1n) is 6.95. The number of furan rings is 1. The number of nitrogens with one attached hydrogen (secondary N) is 2. The van der Waals surface area contributed by atoms with Gasteiger partial charge in [-0.05, 0) is 31.2 Å². The molecule has 2 aromatic rings. The number of nitro groups is 1. The van der Waals surface area contributed by atoms with Crippen LogP contribution >= 0.6 is 11.6 Å². The molecule has 2 rings (SSSR count). The molecule has 122 valence electrons. The molecule has 1 aromatic carbocycles. The summed E-state index contributed by atoms with van der Waals surface area (Å²) in [6, 6.07) is 7.76. The molecular formula is C15H17ClN3O4+. The Kier molecular flexibility index (Phi) is 5.36. The van der Waals surface area contributed by atoms with E-state index < -0.39 is 4.92 Å². The number of hydrogen-bond acceptors (Lipinski definition) is 4. The van der Waals surface area contributed by atoms with Gasteiger partial charge in [-0.2, -0.15) is 0 Å². The number of rotatable bonds is 6. The number of aryl methyl sites for hydroxylation is 1. The number of benzene rings is 1. The van der Waals surface area contributed by atoms with Gasteiger partial charge in [0.15, 0.2) is 12.3 Å². The molecule has 0 saturated heterocycles. The van der Waals surface area contributed by atoms with Gasteiger partial charge in [-0.1, -0.05) is 11.6 Å². The first-order valence-corrected chi connectivity index (χ1v) is 7.33. The second-order valence-electron chi connectivity index (χ2n) is 5.29. The summed E-state index contributed by atoms with van der Waals surface area (Å²) in [6.07, 6.45) is 0. The Bertz CT molecular complexity index is 729. The topological polar surface area (TPSA) is 89.8 Å². The molecule has 0 bridgehead atoms. The van der Waals surface area contributed by atoms with Crippen LogP contribution in [0.25, 0.3) is 0 Å². The van der Waals surface area contributed by atoms with Crippen LogP contribution < -0.4 is 10.2 Å². The lowest BCUT2D eigenvalue weighted by atomic mass is 10.2. The highest BCUT2D eigenvalue weighted by Crippen LogP contribution is 2.27. The maximum Gasteiger partial charge on any atom is 0.292 e. The van der Waals surface area contributed by atoms with Crippen molar-refractivity contribution in [1.82, 2.24) is 0 Å². The monoisotopic (exact) mass is 338 g/mol. The smallest absolute Gasteiger partial charge is 0.292 e. The van der Waals surface area contributed by atoms with Crippen molar-refractivity contribution in [1.29, 1.82) is 0 Å². The average molecular weight is 339 g/mol. The molecule has 2 N–H and O–H groups in total. The highest BCUT2D eigenvalue weighted by molar-refractivity contribution is 6.31.